The van der Waals surface area contributed by atoms with Gasteiger partial charge in [-0.25, -0.2) is 9.59 Å². The molecule has 1 atom stereocenters. The van der Waals surface area contributed by atoms with Crippen LogP contribution in [0.25, 0.3) is 0 Å². The van der Waals surface area contributed by atoms with Crippen LogP contribution < -0.4 is 21.3 Å². The molecule has 9 nitrogen and oxygen atoms in total. The van der Waals surface area contributed by atoms with Crippen molar-refractivity contribution in [2.45, 2.75) is 12.8 Å². The fraction of sp³-hybridized carbons (Fsp3) is 0.176. The van der Waals surface area contributed by atoms with Crippen molar-refractivity contribution in [2.75, 3.05) is 12.3 Å². The van der Waals surface area contributed by atoms with E-state index in [1.165, 1.54) is 37.4 Å². The standard InChI is InChI=1S/C17H15N2O7/c1-8-7-11-13(17(21)25-8)12(14(15(18)26-11)16(20)24-2)9-3-5-10(6-4-9)19(22)23/h3-7,12,22H,18H2,1-2H3/q-1/t12-/m0/s1. The molecule has 136 valence electrons. The van der Waals surface area contributed by atoms with Gasteiger partial charge in [-0.1, -0.05) is 12.1 Å². The molecule has 0 aliphatic carbocycles. The van der Waals surface area contributed by atoms with E-state index < -0.39 is 17.5 Å². The molecule has 0 bridgehead atoms. The highest BCUT2D eigenvalue weighted by molar-refractivity contribution is 5.92. The van der Waals surface area contributed by atoms with Crippen LogP contribution in [0.4, 0.5) is 5.69 Å². The van der Waals surface area contributed by atoms with Gasteiger partial charge in [-0.2, -0.15) is 0 Å². The minimum atomic E-state index is -0.920. The number of rotatable bonds is 3. The first-order valence-electron chi connectivity index (χ1n) is 7.50. The van der Waals surface area contributed by atoms with Gasteiger partial charge in [0, 0.05) is 6.07 Å². The molecular formula is C17H15N2O7-. The Morgan fingerprint density at radius 1 is 1.35 bits per heavy atom. The van der Waals surface area contributed by atoms with Crippen LogP contribution >= 0.6 is 0 Å². The lowest BCUT2D eigenvalue weighted by Gasteiger charge is -2.28. The molecule has 0 radical (unpaired) electrons. The summed E-state index contributed by atoms with van der Waals surface area (Å²) in [6.45, 7) is 1.58. The Labute approximate surface area is 147 Å². The molecule has 1 aromatic heterocycles. The number of hydrogen-bond acceptors (Lipinski definition) is 9. The molecule has 26 heavy (non-hydrogen) atoms. The van der Waals surface area contributed by atoms with Crippen LogP contribution in [0.5, 0.6) is 5.75 Å². The zero-order chi connectivity index (χ0) is 19.0. The molecule has 0 fully saturated rings. The summed E-state index contributed by atoms with van der Waals surface area (Å²) < 4.78 is 15.3. The van der Waals surface area contributed by atoms with E-state index in [0.29, 0.717) is 11.3 Å². The van der Waals surface area contributed by atoms with Gasteiger partial charge in [0.15, 0.2) is 0 Å². The predicted octanol–water partition coefficient (Wildman–Crippen LogP) is 1.51. The number of esters is 1. The Balaban J connectivity index is 2.24. The number of benzene rings is 1. The number of aryl methyl sites for hydroxylation is 1. The summed E-state index contributed by atoms with van der Waals surface area (Å²) in [6.07, 6.45) is 0. The first-order valence-corrected chi connectivity index (χ1v) is 7.50. The predicted molar refractivity (Wildman–Crippen MR) is 89.5 cm³/mol. The minimum absolute atomic E-state index is 0.0199. The molecule has 1 aliphatic rings. The smallest absolute Gasteiger partial charge is 0.343 e. The maximum Gasteiger partial charge on any atom is 0.343 e. The number of nitrogens with two attached hydrogens (primary N) is 1. The monoisotopic (exact) mass is 359 g/mol. The minimum Gasteiger partial charge on any atom is -0.733 e. The Hall–Kier alpha value is -3.30. The molecule has 0 unspecified atom stereocenters. The van der Waals surface area contributed by atoms with Crippen molar-refractivity contribution < 1.29 is 23.9 Å². The van der Waals surface area contributed by atoms with Crippen LogP contribution in [0.1, 0.15) is 22.8 Å². The zero-order valence-corrected chi connectivity index (χ0v) is 13.9. The first kappa shape index (κ1) is 17.5. The maximum atomic E-state index is 12.4. The summed E-state index contributed by atoms with van der Waals surface area (Å²) in [4.78, 5) is 24.7. The van der Waals surface area contributed by atoms with E-state index in [0.717, 1.165) is 0 Å². The van der Waals surface area contributed by atoms with Crippen LogP contribution in [0.2, 0.25) is 0 Å². The Kier molecular flexibility index (Phi) is 4.41. The van der Waals surface area contributed by atoms with Gasteiger partial charge in [0.25, 0.3) is 0 Å². The molecule has 0 saturated carbocycles. The Morgan fingerprint density at radius 2 is 2.00 bits per heavy atom. The van der Waals surface area contributed by atoms with Gasteiger partial charge in [-0.15, -0.1) is 0 Å². The molecule has 3 N–H and O–H groups in total. The Bertz CT molecular complexity index is 945. The van der Waals surface area contributed by atoms with Gasteiger partial charge in [-0.3, -0.25) is 5.21 Å². The molecule has 0 amide bonds. The lowest BCUT2D eigenvalue weighted by Crippen LogP contribution is -2.30. The SMILES string of the molecule is COC(=O)C1=C(N)Oc2cc(C)oc(=O)c2[C@@H]1c1ccc(N([O-])O)cc1. The molecule has 3 rings (SSSR count). The normalized spacial score (nSPS) is 15.9. The summed E-state index contributed by atoms with van der Waals surface area (Å²) in [5.41, 5.74) is 5.68. The van der Waals surface area contributed by atoms with Gasteiger partial charge in [0.1, 0.15) is 17.1 Å². The number of carbonyl (C=O) groups excluding carboxylic acids is 1. The third kappa shape index (κ3) is 2.89. The third-order valence-electron chi connectivity index (χ3n) is 3.99. The van der Waals surface area contributed by atoms with Crippen molar-refractivity contribution in [3.8, 4) is 5.75 Å². The van der Waals surface area contributed by atoms with Crippen molar-refractivity contribution in [1.82, 2.24) is 0 Å². The number of hydrogen-bond donors (Lipinski definition) is 2. The highest BCUT2D eigenvalue weighted by Gasteiger charge is 2.38. The Morgan fingerprint density at radius 3 is 2.58 bits per heavy atom. The average molecular weight is 359 g/mol. The molecule has 0 spiro atoms. The third-order valence-corrected chi connectivity index (χ3v) is 3.99. The van der Waals surface area contributed by atoms with Crippen LogP contribution in [0, 0.1) is 12.1 Å². The lowest BCUT2D eigenvalue weighted by atomic mass is 9.83. The lowest BCUT2D eigenvalue weighted by molar-refractivity contribution is -0.136. The van der Waals surface area contributed by atoms with Gasteiger partial charge >= 0.3 is 11.6 Å². The summed E-state index contributed by atoms with van der Waals surface area (Å²) in [5, 5.41) is 19.6. The second kappa shape index (κ2) is 6.54. The number of methoxy groups -OCH3 is 1. The van der Waals surface area contributed by atoms with Crippen LogP contribution in [0.3, 0.4) is 0 Å². The van der Waals surface area contributed by atoms with Crippen LogP contribution in [-0.4, -0.2) is 18.3 Å². The number of carbonyl (C=O) groups is 1. The van der Waals surface area contributed by atoms with E-state index in [1.807, 2.05) is 0 Å². The number of fused-ring (bicyclic) bond motifs is 1. The van der Waals surface area contributed by atoms with Crippen molar-refractivity contribution in [3.05, 3.63) is 74.3 Å². The number of ether oxygens (including phenoxy) is 2. The largest absolute Gasteiger partial charge is 0.733 e. The fourth-order valence-electron chi connectivity index (χ4n) is 2.85. The zero-order valence-electron chi connectivity index (χ0n) is 13.9. The summed E-state index contributed by atoms with van der Waals surface area (Å²) in [7, 11) is 1.18. The van der Waals surface area contributed by atoms with E-state index in [-0.39, 0.29) is 33.7 Å². The molecule has 9 heteroatoms. The van der Waals surface area contributed by atoms with E-state index in [2.05, 4.69) is 0 Å². The van der Waals surface area contributed by atoms with Gasteiger partial charge in [0.05, 0.1) is 24.3 Å². The molecule has 1 aliphatic heterocycles. The fourth-order valence-corrected chi connectivity index (χ4v) is 2.85. The van der Waals surface area contributed by atoms with Crippen molar-refractivity contribution >= 4 is 11.7 Å². The molecular weight excluding hydrogens is 344 g/mol. The van der Waals surface area contributed by atoms with Crippen LogP contribution in [-0.2, 0) is 9.53 Å². The van der Waals surface area contributed by atoms with Crippen molar-refractivity contribution in [2.24, 2.45) is 5.73 Å². The highest BCUT2D eigenvalue weighted by Crippen LogP contribution is 2.41. The van der Waals surface area contributed by atoms with Gasteiger partial charge in [-0.05, 0) is 24.6 Å². The topological polar surface area (TPSA) is 138 Å². The highest BCUT2D eigenvalue weighted by atomic mass is 16.8. The van der Waals surface area contributed by atoms with E-state index in [4.69, 9.17) is 24.8 Å². The summed E-state index contributed by atoms with van der Waals surface area (Å²) in [6, 6.07) is 7.11. The number of anilines is 1. The van der Waals surface area contributed by atoms with E-state index in [1.54, 1.807) is 6.92 Å². The van der Waals surface area contributed by atoms with Gasteiger partial charge in [0.2, 0.25) is 5.88 Å². The van der Waals surface area contributed by atoms with Crippen molar-refractivity contribution in [3.63, 3.8) is 0 Å². The van der Waals surface area contributed by atoms with E-state index >= 15 is 0 Å². The quantitative estimate of drug-likeness (QED) is 0.616. The molecule has 2 aromatic rings. The van der Waals surface area contributed by atoms with Crippen molar-refractivity contribution in [1.29, 1.82) is 0 Å². The average Bonchev–Trinajstić information content (AvgIpc) is 2.59. The number of nitrogens with zero attached hydrogens (tertiary/aromatic N) is 1. The molecule has 2 heterocycles. The molecule has 1 aromatic carbocycles. The first-order chi connectivity index (χ1) is 12.3. The van der Waals surface area contributed by atoms with Gasteiger partial charge < -0.3 is 30.1 Å². The molecule has 0 saturated heterocycles. The maximum absolute atomic E-state index is 12.4. The second-order valence-corrected chi connectivity index (χ2v) is 5.59. The van der Waals surface area contributed by atoms with Crippen LogP contribution in [0.15, 0.2) is 51.0 Å². The second-order valence-electron chi connectivity index (χ2n) is 5.59. The summed E-state index contributed by atoms with van der Waals surface area (Å²) in [5.74, 6) is -1.40. The van der Waals surface area contributed by atoms with E-state index in [9.17, 15) is 14.8 Å². The summed E-state index contributed by atoms with van der Waals surface area (Å²) >= 11 is 0.